The first-order chi connectivity index (χ1) is 8.84. The summed E-state index contributed by atoms with van der Waals surface area (Å²) in [6.45, 7) is 1.67. The van der Waals surface area contributed by atoms with Crippen LogP contribution in [-0.2, 0) is 13.1 Å². The number of aromatic amines is 1. The Morgan fingerprint density at radius 3 is 2.61 bits per heavy atom. The van der Waals surface area contributed by atoms with E-state index in [-0.39, 0.29) is 5.69 Å². The molecule has 4 heteroatoms. The average molecular weight is 241 g/mol. The lowest BCUT2D eigenvalue weighted by Gasteiger charge is -2.04. The van der Waals surface area contributed by atoms with Crippen LogP contribution < -0.4 is 5.69 Å². The molecule has 0 fully saturated rings. The normalized spacial score (nSPS) is 11.1. The number of nitrogens with zero attached hydrogens (tertiary/aromatic N) is 2. The van der Waals surface area contributed by atoms with Gasteiger partial charge in [-0.15, -0.1) is 0 Å². The van der Waals surface area contributed by atoms with Gasteiger partial charge in [0.2, 0.25) is 0 Å². The molecule has 0 amide bonds. The fraction of sp³-hybridized carbons (Fsp3) is 0.214. The van der Waals surface area contributed by atoms with Crippen LogP contribution in [-0.4, -0.2) is 14.1 Å². The minimum Gasteiger partial charge on any atom is -0.354 e. The van der Waals surface area contributed by atoms with Crippen molar-refractivity contribution in [1.82, 2.24) is 14.1 Å². The number of fused-ring (bicyclic) bond motifs is 1. The molecule has 0 radical (unpaired) electrons. The molecule has 0 atom stereocenters. The summed E-state index contributed by atoms with van der Waals surface area (Å²) in [6, 6.07) is 11.8. The molecule has 0 unspecified atom stereocenters. The summed E-state index contributed by atoms with van der Waals surface area (Å²) >= 11 is 0. The lowest BCUT2D eigenvalue weighted by atomic mass is 10.3. The SMILES string of the molecule is O=c1[nH]c2ccccc2n1CCCn1cccc1. The Morgan fingerprint density at radius 1 is 1.00 bits per heavy atom. The Morgan fingerprint density at radius 2 is 1.78 bits per heavy atom. The molecule has 0 aliphatic carbocycles. The molecule has 0 saturated heterocycles. The zero-order chi connectivity index (χ0) is 12.4. The molecule has 0 saturated carbocycles. The van der Waals surface area contributed by atoms with Gasteiger partial charge in [0.05, 0.1) is 11.0 Å². The van der Waals surface area contributed by atoms with Crippen molar-refractivity contribution in [3.63, 3.8) is 0 Å². The fourth-order valence-electron chi connectivity index (χ4n) is 2.26. The molecule has 18 heavy (non-hydrogen) atoms. The van der Waals surface area contributed by atoms with Gasteiger partial charge in [-0.2, -0.15) is 0 Å². The van der Waals surface area contributed by atoms with E-state index in [1.165, 1.54) is 0 Å². The molecule has 3 aromatic rings. The van der Waals surface area contributed by atoms with E-state index < -0.39 is 0 Å². The van der Waals surface area contributed by atoms with Crippen molar-refractivity contribution < 1.29 is 0 Å². The van der Waals surface area contributed by atoms with Crippen LogP contribution in [0.2, 0.25) is 0 Å². The van der Waals surface area contributed by atoms with Crippen LogP contribution in [0.3, 0.4) is 0 Å². The predicted octanol–water partition coefficient (Wildman–Crippen LogP) is 2.22. The molecule has 2 aromatic heterocycles. The van der Waals surface area contributed by atoms with Crippen molar-refractivity contribution in [2.75, 3.05) is 0 Å². The zero-order valence-electron chi connectivity index (χ0n) is 10.0. The van der Waals surface area contributed by atoms with Gasteiger partial charge in [0, 0.05) is 25.5 Å². The van der Waals surface area contributed by atoms with E-state index in [0.29, 0.717) is 0 Å². The van der Waals surface area contributed by atoms with Crippen molar-refractivity contribution in [2.45, 2.75) is 19.5 Å². The van der Waals surface area contributed by atoms with E-state index in [1.807, 2.05) is 48.8 Å². The third-order valence-electron chi connectivity index (χ3n) is 3.15. The summed E-state index contributed by atoms with van der Waals surface area (Å²) in [7, 11) is 0. The third-order valence-corrected chi connectivity index (χ3v) is 3.15. The number of hydrogen-bond donors (Lipinski definition) is 1. The highest BCUT2D eigenvalue weighted by molar-refractivity contribution is 5.74. The van der Waals surface area contributed by atoms with E-state index in [9.17, 15) is 4.79 Å². The van der Waals surface area contributed by atoms with Crippen molar-refractivity contribution in [3.05, 3.63) is 59.3 Å². The van der Waals surface area contributed by atoms with Crippen LogP contribution in [0.15, 0.2) is 53.6 Å². The second-order valence-electron chi connectivity index (χ2n) is 4.37. The molecule has 3 rings (SSSR count). The van der Waals surface area contributed by atoms with Crippen LogP contribution in [0, 0.1) is 0 Å². The molecule has 0 aliphatic heterocycles. The van der Waals surface area contributed by atoms with Crippen LogP contribution in [0.4, 0.5) is 0 Å². The van der Waals surface area contributed by atoms with Crippen molar-refractivity contribution in [3.8, 4) is 0 Å². The van der Waals surface area contributed by atoms with Crippen molar-refractivity contribution in [1.29, 1.82) is 0 Å². The number of H-pyrrole nitrogens is 1. The Labute approximate surface area is 104 Å². The molecule has 2 heterocycles. The Balaban J connectivity index is 1.78. The average Bonchev–Trinajstić information content (AvgIpc) is 2.98. The molecule has 4 nitrogen and oxygen atoms in total. The zero-order valence-corrected chi connectivity index (χ0v) is 10.0. The van der Waals surface area contributed by atoms with Gasteiger partial charge in [0.15, 0.2) is 0 Å². The largest absolute Gasteiger partial charge is 0.354 e. The van der Waals surface area contributed by atoms with Gasteiger partial charge in [-0.05, 0) is 30.7 Å². The Kier molecular flexibility index (Phi) is 2.76. The minimum absolute atomic E-state index is 0.0243. The van der Waals surface area contributed by atoms with Gasteiger partial charge in [-0.3, -0.25) is 4.57 Å². The van der Waals surface area contributed by atoms with Crippen LogP contribution in [0.25, 0.3) is 11.0 Å². The van der Waals surface area contributed by atoms with E-state index in [2.05, 4.69) is 9.55 Å². The Bertz CT molecular complexity index is 691. The molecule has 1 aromatic carbocycles. The molecule has 1 N–H and O–H groups in total. The highest BCUT2D eigenvalue weighted by atomic mass is 16.1. The van der Waals surface area contributed by atoms with E-state index in [4.69, 9.17) is 0 Å². The van der Waals surface area contributed by atoms with Crippen molar-refractivity contribution >= 4 is 11.0 Å². The number of imidazole rings is 1. The molecule has 0 bridgehead atoms. The van der Waals surface area contributed by atoms with Gasteiger partial charge >= 0.3 is 5.69 Å². The number of rotatable bonds is 4. The second-order valence-corrected chi connectivity index (χ2v) is 4.37. The maximum Gasteiger partial charge on any atom is 0.326 e. The number of aryl methyl sites for hydroxylation is 2. The Hall–Kier alpha value is -2.23. The smallest absolute Gasteiger partial charge is 0.326 e. The quantitative estimate of drug-likeness (QED) is 0.747. The number of aromatic nitrogens is 3. The lowest BCUT2D eigenvalue weighted by Crippen LogP contribution is -2.17. The number of para-hydroxylation sites is 2. The molecule has 92 valence electrons. The molecular formula is C14H15N3O. The van der Waals surface area contributed by atoms with Crippen LogP contribution >= 0.6 is 0 Å². The van der Waals surface area contributed by atoms with E-state index in [1.54, 1.807) is 4.57 Å². The molecule has 0 aliphatic rings. The summed E-state index contributed by atoms with van der Waals surface area (Å²) < 4.78 is 3.93. The predicted molar refractivity (Wildman–Crippen MR) is 71.6 cm³/mol. The molecular weight excluding hydrogens is 226 g/mol. The maximum absolute atomic E-state index is 11.8. The van der Waals surface area contributed by atoms with Crippen LogP contribution in [0.5, 0.6) is 0 Å². The van der Waals surface area contributed by atoms with E-state index >= 15 is 0 Å². The van der Waals surface area contributed by atoms with Gasteiger partial charge in [0.25, 0.3) is 0 Å². The first kappa shape index (κ1) is 10.9. The first-order valence-corrected chi connectivity index (χ1v) is 6.13. The highest BCUT2D eigenvalue weighted by Gasteiger charge is 2.04. The van der Waals surface area contributed by atoms with Crippen molar-refractivity contribution in [2.24, 2.45) is 0 Å². The van der Waals surface area contributed by atoms with Gasteiger partial charge in [0.1, 0.15) is 0 Å². The maximum atomic E-state index is 11.8. The van der Waals surface area contributed by atoms with Gasteiger partial charge < -0.3 is 9.55 Å². The van der Waals surface area contributed by atoms with Crippen LogP contribution in [0.1, 0.15) is 6.42 Å². The summed E-state index contributed by atoms with van der Waals surface area (Å²) in [5.41, 5.74) is 1.86. The van der Waals surface area contributed by atoms with Gasteiger partial charge in [-0.25, -0.2) is 4.79 Å². The standard InChI is InChI=1S/C14H15N3O/c18-14-15-12-6-1-2-7-13(12)17(14)11-5-10-16-8-3-4-9-16/h1-4,6-9H,5,10-11H2,(H,15,18). The first-order valence-electron chi connectivity index (χ1n) is 6.13. The lowest BCUT2D eigenvalue weighted by molar-refractivity contribution is 0.564. The summed E-state index contributed by atoms with van der Waals surface area (Å²) in [5.74, 6) is 0. The molecule has 0 spiro atoms. The summed E-state index contributed by atoms with van der Waals surface area (Å²) in [5, 5.41) is 0. The number of hydrogen-bond acceptors (Lipinski definition) is 1. The highest BCUT2D eigenvalue weighted by Crippen LogP contribution is 2.09. The monoisotopic (exact) mass is 241 g/mol. The summed E-state index contributed by atoms with van der Waals surface area (Å²) in [4.78, 5) is 14.7. The minimum atomic E-state index is -0.0243. The second kappa shape index (κ2) is 4.56. The third kappa shape index (κ3) is 1.97. The fourth-order valence-corrected chi connectivity index (χ4v) is 2.26. The topological polar surface area (TPSA) is 42.7 Å². The number of benzene rings is 1. The summed E-state index contributed by atoms with van der Waals surface area (Å²) in [6.07, 6.45) is 5.02. The van der Waals surface area contributed by atoms with E-state index in [0.717, 1.165) is 30.5 Å². The number of nitrogens with one attached hydrogen (secondary N) is 1. The van der Waals surface area contributed by atoms with Gasteiger partial charge in [-0.1, -0.05) is 12.1 Å².